The number of hydrogen-bond acceptors (Lipinski definition) is 5. The van der Waals surface area contributed by atoms with Crippen molar-refractivity contribution in [1.29, 1.82) is 5.26 Å². The highest BCUT2D eigenvalue weighted by atomic mass is 16.1. The van der Waals surface area contributed by atoms with Gasteiger partial charge < -0.3 is 5.73 Å². The van der Waals surface area contributed by atoms with E-state index in [2.05, 4.69) is 19.9 Å². The SMILES string of the molecule is Cc1ccc(C2C(C#N)=C(N)N(N(C)C)C3=C2C(=O)CC(C)(C)C3)cc1. The molecule has 0 aromatic heterocycles. The van der Waals surface area contributed by atoms with Gasteiger partial charge in [0.05, 0.1) is 17.6 Å². The molecule has 0 bridgehead atoms. The Kier molecular flexibility index (Phi) is 4.41. The van der Waals surface area contributed by atoms with Gasteiger partial charge in [0, 0.05) is 31.8 Å². The second-order valence-corrected chi connectivity index (χ2v) is 8.21. The van der Waals surface area contributed by atoms with Gasteiger partial charge in [0.1, 0.15) is 5.82 Å². The van der Waals surface area contributed by atoms with Crippen LogP contribution in [0.3, 0.4) is 0 Å². The van der Waals surface area contributed by atoms with Crippen LogP contribution in [0.1, 0.15) is 43.7 Å². The number of nitrogens with two attached hydrogens (primary N) is 1. The summed E-state index contributed by atoms with van der Waals surface area (Å²) in [4.78, 5) is 13.2. The standard InChI is InChI=1S/C21H26N4O/c1-13-6-8-14(9-7-13)18-15(12-22)20(23)25(24(4)5)16-10-21(2,3)11-17(26)19(16)18/h6-9,18H,10-11,23H2,1-5H3. The van der Waals surface area contributed by atoms with E-state index in [-0.39, 0.29) is 11.2 Å². The van der Waals surface area contributed by atoms with Crippen molar-refractivity contribution in [3.05, 3.63) is 58.1 Å². The minimum Gasteiger partial charge on any atom is -0.383 e. The number of allylic oxidation sites excluding steroid dienone is 3. The first-order valence-electron chi connectivity index (χ1n) is 8.86. The Bertz CT molecular complexity index is 853. The van der Waals surface area contributed by atoms with E-state index in [1.54, 1.807) is 0 Å². The molecule has 5 nitrogen and oxygen atoms in total. The number of rotatable bonds is 2. The van der Waals surface area contributed by atoms with Gasteiger partial charge >= 0.3 is 0 Å². The maximum atomic E-state index is 13.2. The Morgan fingerprint density at radius 3 is 2.38 bits per heavy atom. The zero-order valence-electron chi connectivity index (χ0n) is 16.1. The Balaban J connectivity index is 2.27. The minimum atomic E-state index is -0.393. The number of nitrogens with zero attached hydrogens (tertiary/aromatic N) is 3. The predicted octanol–water partition coefficient (Wildman–Crippen LogP) is 3.21. The first-order valence-corrected chi connectivity index (χ1v) is 8.86. The van der Waals surface area contributed by atoms with Crippen LogP contribution < -0.4 is 5.73 Å². The zero-order valence-corrected chi connectivity index (χ0v) is 16.1. The van der Waals surface area contributed by atoms with Crippen molar-refractivity contribution in [1.82, 2.24) is 10.0 Å². The van der Waals surface area contributed by atoms with Crippen LogP contribution in [0.4, 0.5) is 0 Å². The summed E-state index contributed by atoms with van der Waals surface area (Å²) in [7, 11) is 3.76. The maximum absolute atomic E-state index is 13.2. The summed E-state index contributed by atoms with van der Waals surface area (Å²) >= 11 is 0. The number of aryl methyl sites for hydroxylation is 1. The van der Waals surface area contributed by atoms with Crippen LogP contribution in [0.15, 0.2) is 46.9 Å². The van der Waals surface area contributed by atoms with Gasteiger partial charge in [0.2, 0.25) is 0 Å². The Hall–Kier alpha value is -2.58. The van der Waals surface area contributed by atoms with Gasteiger partial charge in [0.15, 0.2) is 5.78 Å². The van der Waals surface area contributed by atoms with Crippen molar-refractivity contribution < 1.29 is 4.79 Å². The molecule has 0 amide bonds. The normalized spacial score (nSPS) is 22.6. The fourth-order valence-corrected chi connectivity index (χ4v) is 4.04. The van der Waals surface area contributed by atoms with Gasteiger partial charge in [-0.3, -0.25) is 9.80 Å². The lowest BCUT2D eigenvalue weighted by atomic mass is 9.69. The molecule has 0 saturated heterocycles. The van der Waals surface area contributed by atoms with E-state index in [1.807, 2.05) is 55.3 Å². The average molecular weight is 350 g/mol. The van der Waals surface area contributed by atoms with E-state index >= 15 is 0 Å². The van der Waals surface area contributed by atoms with Crippen molar-refractivity contribution in [3.63, 3.8) is 0 Å². The van der Waals surface area contributed by atoms with Gasteiger partial charge in [0.25, 0.3) is 0 Å². The van der Waals surface area contributed by atoms with Crippen LogP contribution >= 0.6 is 0 Å². The number of hydrazine groups is 1. The van der Waals surface area contributed by atoms with E-state index in [0.717, 1.165) is 23.2 Å². The molecule has 0 fully saturated rings. The number of benzene rings is 1. The Labute approximate surface area is 155 Å². The summed E-state index contributed by atoms with van der Waals surface area (Å²) in [5.74, 6) is 0.122. The van der Waals surface area contributed by atoms with Gasteiger partial charge in [-0.1, -0.05) is 43.7 Å². The van der Waals surface area contributed by atoms with Gasteiger partial charge in [-0.2, -0.15) is 5.26 Å². The molecule has 5 heteroatoms. The quantitative estimate of drug-likeness (QED) is 0.886. The highest BCUT2D eigenvalue weighted by molar-refractivity contribution is 6.00. The highest BCUT2D eigenvalue weighted by Crippen LogP contribution is 2.49. The maximum Gasteiger partial charge on any atom is 0.162 e. The molecule has 2 aliphatic rings. The fraction of sp³-hybridized carbons (Fsp3) is 0.429. The zero-order chi connectivity index (χ0) is 19.2. The van der Waals surface area contributed by atoms with E-state index in [0.29, 0.717) is 23.4 Å². The van der Waals surface area contributed by atoms with Crippen LogP contribution in [-0.2, 0) is 4.79 Å². The number of nitriles is 1. The predicted molar refractivity (Wildman–Crippen MR) is 101 cm³/mol. The third kappa shape index (κ3) is 2.91. The summed E-state index contributed by atoms with van der Waals surface area (Å²) in [6.07, 6.45) is 1.22. The second kappa shape index (κ2) is 6.30. The number of carbonyl (C=O) groups excluding carboxylic acids is 1. The first kappa shape index (κ1) is 18.2. The average Bonchev–Trinajstić information content (AvgIpc) is 2.53. The summed E-state index contributed by atoms with van der Waals surface area (Å²) in [5.41, 5.74) is 10.4. The molecule has 1 aromatic carbocycles. The van der Waals surface area contributed by atoms with Crippen molar-refractivity contribution in [2.45, 2.75) is 39.5 Å². The third-order valence-corrected chi connectivity index (χ3v) is 5.16. The van der Waals surface area contributed by atoms with Gasteiger partial charge in [-0.05, 0) is 24.3 Å². The molecule has 26 heavy (non-hydrogen) atoms. The molecule has 1 aromatic rings. The molecular formula is C21H26N4O. The molecule has 1 aliphatic carbocycles. The Morgan fingerprint density at radius 1 is 1.23 bits per heavy atom. The fourth-order valence-electron chi connectivity index (χ4n) is 4.04. The molecule has 0 saturated carbocycles. The van der Waals surface area contributed by atoms with Crippen LogP contribution in [0, 0.1) is 23.7 Å². The van der Waals surface area contributed by atoms with Crippen LogP contribution in [0.5, 0.6) is 0 Å². The summed E-state index contributed by atoms with van der Waals surface area (Å²) in [6.45, 7) is 6.22. The minimum absolute atomic E-state index is 0.105. The van der Waals surface area contributed by atoms with E-state index in [1.165, 1.54) is 0 Å². The lowest BCUT2D eigenvalue weighted by Gasteiger charge is -2.45. The largest absolute Gasteiger partial charge is 0.383 e. The lowest BCUT2D eigenvalue weighted by Crippen LogP contribution is -2.47. The number of hydrogen-bond donors (Lipinski definition) is 1. The smallest absolute Gasteiger partial charge is 0.162 e. The molecule has 0 spiro atoms. The molecular weight excluding hydrogens is 324 g/mol. The topological polar surface area (TPSA) is 73.4 Å². The van der Waals surface area contributed by atoms with Crippen LogP contribution in [-0.4, -0.2) is 29.9 Å². The molecule has 1 unspecified atom stereocenters. The van der Waals surface area contributed by atoms with Gasteiger partial charge in [-0.15, -0.1) is 0 Å². The molecule has 3 rings (SSSR count). The van der Waals surface area contributed by atoms with E-state index < -0.39 is 5.92 Å². The summed E-state index contributed by atoms with van der Waals surface area (Å²) in [5, 5.41) is 13.5. The number of carbonyl (C=O) groups is 1. The van der Waals surface area contributed by atoms with Crippen molar-refractivity contribution in [2.75, 3.05) is 14.1 Å². The van der Waals surface area contributed by atoms with Crippen molar-refractivity contribution >= 4 is 5.78 Å². The van der Waals surface area contributed by atoms with E-state index in [4.69, 9.17) is 5.73 Å². The van der Waals surface area contributed by atoms with Crippen LogP contribution in [0.2, 0.25) is 0 Å². The van der Waals surface area contributed by atoms with Crippen LogP contribution in [0.25, 0.3) is 0 Å². The molecule has 136 valence electrons. The summed E-state index contributed by atoms with van der Waals surface area (Å²) < 4.78 is 0. The second-order valence-electron chi connectivity index (χ2n) is 8.21. The lowest BCUT2D eigenvalue weighted by molar-refractivity contribution is -0.119. The Morgan fingerprint density at radius 2 is 1.85 bits per heavy atom. The highest BCUT2D eigenvalue weighted by Gasteiger charge is 2.44. The number of ketones is 1. The molecule has 1 heterocycles. The summed E-state index contributed by atoms with van der Waals surface area (Å²) in [6, 6.07) is 10.3. The molecule has 0 radical (unpaired) electrons. The molecule has 2 N–H and O–H groups in total. The van der Waals surface area contributed by atoms with Gasteiger partial charge in [-0.25, -0.2) is 5.01 Å². The third-order valence-electron chi connectivity index (χ3n) is 5.16. The molecule has 1 aliphatic heterocycles. The van der Waals surface area contributed by atoms with Crippen molar-refractivity contribution in [3.8, 4) is 6.07 Å². The monoisotopic (exact) mass is 350 g/mol. The first-order chi connectivity index (χ1) is 12.2. The van der Waals surface area contributed by atoms with Crippen molar-refractivity contribution in [2.24, 2.45) is 11.1 Å². The number of Topliss-reactive ketones (excluding diaryl/α,β-unsaturated/α-hetero) is 1. The molecule has 1 atom stereocenters. The van der Waals surface area contributed by atoms with E-state index in [9.17, 15) is 10.1 Å².